The second kappa shape index (κ2) is 4.02. The van der Waals surface area contributed by atoms with Gasteiger partial charge >= 0.3 is 0 Å². The zero-order valence-electron chi connectivity index (χ0n) is 8.86. The lowest BCUT2D eigenvalue weighted by Crippen LogP contribution is -2.41. The maximum Gasteiger partial charge on any atom is 0.223 e. The fraction of sp³-hybridized carbons (Fsp3) is 0.600. The molecule has 1 aliphatic rings. The van der Waals surface area contributed by atoms with Gasteiger partial charge in [0, 0.05) is 18.8 Å². The smallest absolute Gasteiger partial charge is 0.223 e. The Kier molecular flexibility index (Phi) is 2.73. The van der Waals surface area contributed by atoms with Crippen molar-refractivity contribution in [2.45, 2.75) is 25.3 Å². The molecule has 0 aliphatic carbocycles. The summed E-state index contributed by atoms with van der Waals surface area (Å²) >= 11 is 0. The molecule has 0 atom stereocenters. The summed E-state index contributed by atoms with van der Waals surface area (Å²) in [5, 5.41) is 3.33. The van der Waals surface area contributed by atoms with Crippen LogP contribution in [-0.2, 0) is 4.74 Å². The first kappa shape index (κ1) is 10.2. The quantitative estimate of drug-likeness (QED) is 0.759. The molecule has 0 saturated carbocycles. The van der Waals surface area contributed by atoms with Gasteiger partial charge in [-0.15, -0.1) is 0 Å². The average molecular weight is 208 g/mol. The molecule has 3 N–H and O–H groups in total. The summed E-state index contributed by atoms with van der Waals surface area (Å²) in [5.41, 5.74) is 6.14. The van der Waals surface area contributed by atoms with Crippen LogP contribution >= 0.6 is 0 Å². The first-order valence-electron chi connectivity index (χ1n) is 5.11. The highest BCUT2D eigenvalue weighted by molar-refractivity contribution is 5.37. The second-order valence-electron chi connectivity index (χ2n) is 4.14. The molecule has 2 heterocycles. The van der Waals surface area contributed by atoms with Crippen molar-refractivity contribution in [1.29, 1.82) is 0 Å². The predicted octanol–water partition coefficient (Wildman–Crippen LogP) is 1.04. The number of ether oxygens (including phenoxy) is 1. The molecule has 1 aliphatic heterocycles. The largest absolute Gasteiger partial charge is 0.396 e. The standard InChI is InChI=1S/C10H16N4O/c1-10(2-4-15-5-3-10)14-9-12-6-8(11)7-13-9/h6-7H,2-5,11H2,1H3,(H,12,13,14). The number of nitrogen functional groups attached to an aromatic ring is 1. The second-order valence-corrected chi connectivity index (χ2v) is 4.14. The van der Waals surface area contributed by atoms with E-state index in [4.69, 9.17) is 10.5 Å². The molecule has 82 valence electrons. The molecular weight excluding hydrogens is 192 g/mol. The summed E-state index contributed by atoms with van der Waals surface area (Å²) in [4.78, 5) is 8.26. The van der Waals surface area contributed by atoms with Gasteiger partial charge in [0.15, 0.2) is 0 Å². The predicted molar refractivity (Wildman–Crippen MR) is 58.5 cm³/mol. The molecular formula is C10H16N4O. The third kappa shape index (κ3) is 2.56. The van der Waals surface area contributed by atoms with E-state index in [0.29, 0.717) is 11.6 Å². The van der Waals surface area contributed by atoms with Gasteiger partial charge < -0.3 is 15.8 Å². The summed E-state index contributed by atoms with van der Waals surface area (Å²) in [5.74, 6) is 0.633. The lowest BCUT2D eigenvalue weighted by Gasteiger charge is -2.34. The fourth-order valence-electron chi connectivity index (χ4n) is 1.62. The summed E-state index contributed by atoms with van der Waals surface area (Å²) in [6, 6.07) is 0. The molecule has 15 heavy (non-hydrogen) atoms. The van der Waals surface area contributed by atoms with Crippen molar-refractivity contribution in [3.8, 4) is 0 Å². The maximum atomic E-state index is 5.52. The van der Waals surface area contributed by atoms with Gasteiger partial charge in [0.25, 0.3) is 0 Å². The number of nitrogens with two attached hydrogens (primary N) is 1. The van der Waals surface area contributed by atoms with Gasteiger partial charge in [0.05, 0.1) is 18.1 Å². The third-order valence-electron chi connectivity index (χ3n) is 2.68. The van der Waals surface area contributed by atoms with Gasteiger partial charge in [-0.25, -0.2) is 9.97 Å². The van der Waals surface area contributed by atoms with Gasteiger partial charge in [0.2, 0.25) is 5.95 Å². The SMILES string of the molecule is CC1(Nc2ncc(N)cn2)CCOCC1. The Morgan fingerprint density at radius 1 is 1.33 bits per heavy atom. The van der Waals surface area contributed by atoms with Crippen LogP contribution < -0.4 is 11.1 Å². The Hall–Kier alpha value is -1.36. The van der Waals surface area contributed by atoms with Gasteiger partial charge in [-0.3, -0.25) is 0 Å². The Morgan fingerprint density at radius 2 is 1.93 bits per heavy atom. The van der Waals surface area contributed by atoms with Crippen LogP contribution in [0.1, 0.15) is 19.8 Å². The lowest BCUT2D eigenvalue weighted by atomic mass is 9.93. The van der Waals surface area contributed by atoms with E-state index in [9.17, 15) is 0 Å². The number of hydrogen-bond donors (Lipinski definition) is 2. The molecule has 5 nitrogen and oxygen atoms in total. The normalized spacial score (nSPS) is 19.8. The van der Waals surface area contributed by atoms with Gasteiger partial charge in [-0.2, -0.15) is 0 Å². The van der Waals surface area contributed by atoms with Crippen LogP contribution in [0.2, 0.25) is 0 Å². The number of nitrogens with one attached hydrogen (secondary N) is 1. The molecule has 0 radical (unpaired) electrons. The third-order valence-corrected chi connectivity index (χ3v) is 2.68. The minimum absolute atomic E-state index is 0.0361. The van der Waals surface area contributed by atoms with E-state index >= 15 is 0 Å². The molecule has 0 unspecified atom stereocenters. The molecule has 1 aromatic rings. The van der Waals surface area contributed by atoms with E-state index in [1.165, 1.54) is 0 Å². The number of aromatic nitrogens is 2. The average Bonchev–Trinajstić information content (AvgIpc) is 2.22. The van der Waals surface area contributed by atoms with Crippen LogP contribution in [0.3, 0.4) is 0 Å². The van der Waals surface area contributed by atoms with Crippen LogP contribution in [0.4, 0.5) is 11.6 Å². The topological polar surface area (TPSA) is 73.1 Å². The highest BCUT2D eigenvalue weighted by Crippen LogP contribution is 2.23. The van der Waals surface area contributed by atoms with E-state index in [1.54, 1.807) is 12.4 Å². The molecule has 2 rings (SSSR count). The van der Waals surface area contributed by atoms with Crippen LogP contribution in [-0.4, -0.2) is 28.7 Å². The first-order chi connectivity index (χ1) is 7.18. The molecule has 0 aromatic carbocycles. The van der Waals surface area contributed by atoms with Crippen molar-refractivity contribution >= 4 is 11.6 Å². The van der Waals surface area contributed by atoms with Crippen LogP contribution in [0.25, 0.3) is 0 Å². The number of nitrogens with zero attached hydrogens (tertiary/aromatic N) is 2. The van der Waals surface area contributed by atoms with E-state index < -0.39 is 0 Å². The van der Waals surface area contributed by atoms with Crippen molar-refractivity contribution in [3.63, 3.8) is 0 Å². The van der Waals surface area contributed by atoms with Gasteiger partial charge in [0.1, 0.15) is 0 Å². The summed E-state index contributed by atoms with van der Waals surface area (Å²) in [6.07, 6.45) is 5.16. The van der Waals surface area contributed by atoms with E-state index in [2.05, 4.69) is 22.2 Å². The summed E-state index contributed by atoms with van der Waals surface area (Å²) in [7, 11) is 0. The molecule has 1 fully saturated rings. The Labute approximate surface area is 89.1 Å². The zero-order valence-corrected chi connectivity index (χ0v) is 8.86. The number of rotatable bonds is 2. The Bertz CT molecular complexity index is 319. The van der Waals surface area contributed by atoms with Crippen LogP contribution in [0.5, 0.6) is 0 Å². The first-order valence-corrected chi connectivity index (χ1v) is 5.11. The Balaban J connectivity index is 2.03. The fourth-order valence-corrected chi connectivity index (χ4v) is 1.62. The zero-order chi connectivity index (χ0) is 10.7. The molecule has 5 heteroatoms. The van der Waals surface area contributed by atoms with Crippen LogP contribution in [0.15, 0.2) is 12.4 Å². The van der Waals surface area contributed by atoms with E-state index in [0.717, 1.165) is 26.1 Å². The number of hydrogen-bond acceptors (Lipinski definition) is 5. The van der Waals surface area contributed by atoms with Crippen molar-refractivity contribution in [2.75, 3.05) is 24.3 Å². The molecule has 0 bridgehead atoms. The van der Waals surface area contributed by atoms with Crippen LogP contribution in [0, 0.1) is 0 Å². The molecule has 1 aromatic heterocycles. The summed E-state index contributed by atoms with van der Waals surface area (Å²) < 4.78 is 5.32. The summed E-state index contributed by atoms with van der Waals surface area (Å²) in [6.45, 7) is 3.74. The number of anilines is 2. The highest BCUT2D eigenvalue weighted by Gasteiger charge is 2.27. The van der Waals surface area contributed by atoms with Gasteiger partial charge in [-0.1, -0.05) is 0 Å². The molecule has 0 spiro atoms. The lowest BCUT2D eigenvalue weighted by molar-refractivity contribution is 0.0656. The molecule has 1 saturated heterocycles. The van der Waals surface area contributed by atoms with Crippen molar-refractivity contribution in [3.05, 3.63) is 12.4 Å². The van der Waals surface area contributed by atoms with Crippen molar-refractivity contribution < 1.29 is 4.74 Å². The molecule has 0 amide bonds. The Morgan fingerprint density at radius 3 is 2.53 bits per heavy atom. The maximum absolute atomic E-state index is 5.52. The van der Waals surface area contributed by atoms with E-state index in [1.807, 2.05) is 0 Å². The highest BCUT2D eigenvalue weighted by atomic mass is 16.5. The van der Waals surface area contributed by atoms with E-state index in [-0.39, 0.29) is 5.54 Å². The minimum atomic E-state index is 0.0361. The van der Waals surface area contributed by atoms with Crippen molar-refractivity contribution in [1.82, 2.24) is 9.97 Å². The van der Waals surface area contributed by atoms with Crippen molar-refractivity contribution in [2.24, 2.45) is 0 Å². The van der Waals surface area contributed by atoms with Gasteiger partial charge in [-0.05, 0) is 19.8 Å². The monoisotopic (exact) mass is 208 g/mol. The minimum Gasteiger partial charge on any atom is -0.396 e.